The summed E-state index contributed by atoms with van der Waals surface area (Å²) in [7, 11) is 0. The molecule has 2 N–H and O–H groups in total. The average molecular weight is 285 g/mol. The molecule has 2 aromatic rings. The van der Waals surface area contributed by atoms with Crippen LogP contribution >= 0.6 is 0 Å². The fourth-order valence-electron chi connectivity index (χ4n) is 2.81. The van der Waals surface area contributed by atoms with Crippen LogP contribution in [0.25, 0.3) is 5.69 Å². The van der Waals surface area contributed by atoms with Gasteiger partial charge in [-0.1, -0.05) is 18.2 Å². The van der Waals surface area contributed by atoms with Gasteiger partial charge in [0.1, 0.15) is 5.69 Å². The van der Waals surface area contributed by atoms with Crippen molar-refractivity contribution in [2.45, 2.75) is 12.8 Å². The minimum Gasteiger partial charge on any atom is -0.381 e. The Morgan fingerprint density at radius 1 is 1.24 bits per heavy atom. The van der Waals surface area contributed by atoms with Gasteiger partial charge in [0, 0.05) is 19.8 Å². The van der Waals surface area contributed by atoms with Crippen LogP contribution in [0.15, 0.2) is 42.6 Å². The van der Waals surface area contributed by atoms with Crippen LogP contribution in [-0.4, -0.2) is 35.3 Å². The minimum atomic E-state index is -0.523. The maximum atomic E-state index is 13.0. The average Bonchev–Trinajstić information content (AvgIpc) is 3.05. The molecular weight excluding hydrogens is 266 g/mol. The predicted molar refractivity (Wildman–Crippen MR) is 79.4 cm³/mol. The minimum absolute atomic E-state index is 0.0645. The topological polar surface area (TPSA) is 70.1 Å². The Balaban J connectivity index is 1.97. The summed E-state index contributed by atoms with van der Waals surface area (Å²) in [6.07, 6.45) is 2.99. The molecule has 5 nitrogen and oxygen atoms in total. The van der Waals surface area contributed by atoms with Crippen LogP contribution in [0, 0.1) is 5.41 Å². The molecule has 0 unspecified atom stereocenters. The van der Waals surface area contributed by atoms with Gasteiger partial charge in [-0.3, -0.25) is 4.79 Å². The molecule has 110 valence electrons. The standard InChI is InChI=1S/C16H19N3O2/c17-12-16(7-10-21-11-8-16)15(20)14-6-9-18-19(14)13-4-2-1-3-5-13/h1-6,9H,7-8,10-12,17H2. The highest BCUT2D eigenvalue weighted by atomic mass is 16.5. The molecular formula is C16H19N3O2. The Morgan fingerprint density at radius 3 is 2.62 bits per heavy atom. The number of hydrogen-bond acceptors (Lipinski definition) is 4. The normalized spacial score (nSPS) is 17.6. The summed E-state index contributed by atoms with van der Waals surface area (Å²) in [6, 6.07) is 11.4. The number of aromatic nitrogens is 2. The first-order valence-corrected chi connectivity index (χ1v) is 7.19. The highest BCUT2D eigenvalue weighted by Gasteiger charge is 2.40. The van der Waals surface area contributed by atoms with Crippen LogP contribution < -0.4 is 5.73 Å². The van der Waals surface area contributed by atoms with Crippen molar-refractivity contribution in [3.05, 3.63) is 48.3 Å². The van der Waals surface area contributed by atoms with E-state index in [-0.39, 0.29) is 5.78 Å². The molecule has 1 aromatic carbocycles. The third-order valence-corrected chi connectivity index (χ3v) is 4.20. The van der Waals surface area contributed by atoms with Gasteiger partial charge in [0.25, 0.3) is 0 Å². The Bertz CT molecular complexity index is 615. The number of benzene rings is 1. The van der Waals surface area contributed by atoms with E-state index in [0.717, 1.165) is 5.69 Å². The first-order chi connectivity index (χ1) is 10.3. The lowest BCUT2D eigenvalue weighted by Gasteiger charge is -2.34. The van der Waals surface area contributed by atoms with Crippen molar-refractivity contribution in [3.8, 4) is 5.69 Å². The van der Waals surface area contributed by atoms with Gasteiger partial charge in [0.15, 0.2) is 5.78 Å². The van der Waals surface area contributed by atoms with Gasteiger partial charge >= 0.3 is 0 Å². The quantitative estimate of drug-likeness (QED) is 0.870. The zero-order chi connectivity index (χ0) is 14.7. The molecule has 1 aliphatic heterocycles. The Morgan fingerprint density at radius 2 is 1.95 bits per heavy atom. The summed E-state index contributed by atoms with van der Waals surface area (Å²) >= 11 is 0. The molecule has 0 bridgehead atoms. The van der Waals surface area contributed by atoms with Crippen LogP contribution in [0.2, 0.25) is 0 Å². The first-order valence-electron chi connectivity index (χ1n) is 7.19. The zero-order valence-electron chi connectivity index (χ0n) is 11.9. The monoisotopic (exact) mass is 285 g/mol. The lowest BCUT2D eigenvalue weighted by Crippen LogP contribution is -2.44. The number of hydrogen-bond donors (Lipinski definition) is 1. The van der Waals surface area contributed by atoms with Gasteiger partial charge < -0.3 is 10.5 Å². The number of ether oxygens (including phenoxy) is 1. The van der Waals surface area contributed by atoms with Crippen LogP contribution in [0.1, 0.15) is 23.3 Å². The van der Waals surface area contributed by atoms with E-state index in [2.05, 4.69) is 5.10 Å². The third kappa shape index (κ3) is 2.50. The van der Waals surface area contributed by atoms with Crippen molar-refractivity contribution >= 4 is 5.78 Å². The van der Waals surface area contributed by atoms with Crippen LogP contribution in [0.5, 0.6) is 0 Å². The smallest absolute Gasteiger partial charge is 0.188 e. The number of Topliss-reactive ketones (excluding diaryl/α,β-unsaturated/α-hetero) is 1. The van der Waals surface area contributed by atoms with Gasteiger partial charge in [0.05, 0.1) is 17.3 Å². The number of carbonyl (C=O) groups excluding carboxylic acids is 1. The molecule has 1 aromatic heterocycles. The van der Waals surface area contributed by atoms with Crippen molar-refractivity contribution < 1.29 is 9.53 Å². The summed E-state index contributed by atoms with van der Waals surface area (Å²) < 4.78 is 7.07. The van der Waals surface area contributed by atoms with Crippen LogP contribution in [-0.2, 0) is 4.74 Å². The van der Waals surface area contributed by atoms with Crippen molar-refractivity contribution in [2.75, 3.05) is 19.8 Å². The Kier molecular flexibility index (Phi) is 3.86. The van der Waals surface area contributed by atoms with Crippen molar-refractivity contribution in [1.82, 2.24) is 9.78 Å². The maximum absolute atomic E-state index is 13.0. The number of rotatable bonds is 4. The lowest BCUT2D eigenvalue weighted by molar-refractivity contribution is 0.0195. The number of para-hydroxylation sites is 1. The van der Waals surface area contributed by atoms with Gasteiger partial charge in [-0.15, -0.1) is 0 Å². The van der Waals surface area contributed by atoms with E-state index in [4.69, 9.17) is 10.5 Å². The van der Waals surface area contributed by atoms with E-state index in [1.54, 1.807) is 16.9 Å². The molecule has 5 heteroatoms. The van der Waals surface area contributed by atoms with Crippen LogP contribution in [0.3, 0.4) is 0 Å². The van der Waals surface area contributed by atoms with Gasteiger partial charge in [-0.2, -0.15) is 5.10 Å². The molecule has 2 heterocycles. The molecule has 1 aliphatic rings. The van der Waals surface area contributed by atoms with Gasteiger partial charge in [-0.25, -0.2) is 4.68 Å². The molecule has 0 spiro atoms. The van der Waals surface area contributed by atoms with E-state index < -0.39 is 5.41 Å². The van der Waals surface area contributed by atoms with Crippen molar-refractivity contribution in [2.24, 2.45) is 11.1 Å². The summed E-state index contributed by atoms with van der Waals surface area (Å²) in [5.41, 5.74) is 6.88. The third-order valence-electron chi connectivity index (χ3n) is 4.20. The highest BCUT2D eigenvalue weighted by molar-refractivity contribution is 5.99. The Labute approximate surface area is 123 Å². The van der Waals surface area contributed by atoms with Gasteiger partial charge in [0.2, 0.25) is 0 Å². The molecule has 1 saturated heterocycles. The second-order valence-electron chi connectivity index (χ2n) is 5.39. The van der Waals surface area contributed by atoms with Crippen molar-refractivity contribution in [3.63, 3.8) is 0 Å². The summed E-state index contributed by atoms with van der Waals surface area (Å²) in [4.78, 5) is 13.0. The molecule has 21 heavy (non-hydrogen) atoms. The first kappa shape index (κ1) is 14.0. The fraction of sp³-hybridized carbons (Fsp3) is 0.375. The number of nitrogens with two attached hydrogens (primary N) is 1. The molecule has 0 atom stereocenters. The SMILES string of the molecule is NCC1(C(=O)c2ccnn2-c2ccccc2)CCOCC1. The highest BCUT2D eigenvalue weighted by Crippen LogP contribution is 2.33. The maximum Gasteiger partial charge on any atom is 0.188 e. The van der Waals surface area contributed by atoms with E-state index in [1.807, 2.05) is 30.3 Å². The molecule has 0 saturated carbocycles. The van der Waals surface area contributed by atoms with Crippen LogP contribution in [0.4, 0.5) is 0 Å². The van der Waals surface area contributed by atoms with E-state index in [9.17, 15) is 4.79 Å². The molecule has 1 fully saturated rings. The second-order valence-corrected chi connectivity index (χ2v) is 5.39. The lowest BCUT2D eigenvalue weighted by atomic mass is 9.75. The summed E-state index contributed by atoms with van der Waals surface area (Å²) in [6.45, 7) is 1.51. The number of nitrogens with zero attached hydrogens (tertiary/aromatic N) is 2. The Hall–Kier alpha value is -1.98. The molecule has 0 radical (unpaired) electrons. The van der Waals surface area contributed by atoms with E-state index in [1.165, 1.54) is 0 Å². The fourth-order valence-corrected chi connectivity index (χ4v) is 2.81. The number of carbonyl (C=O) groups is 1. The summed E-state index contributed by atoms with van der Waals surface area (Å²) in [5, 5.41) is 4.29. The zero-order valence-corrected chi connectivity index (χ0v) is 11.9. The second kappa shape index (κ2) is 5.79. The predicted octanol–water partition coefficient (Wildman–Crippen LogP) is 1.81. The number of ketones is 1. The largest absolute Gasteiger partial charge is 0.381 e. The summed E-state index contributed by atoms with van der Waals surface area (Å²) in [5.74, 6) is 0.0645. The van der Waals surface area contributed by atoms with Gasteiger partial charge in [-0.05, 0) is 31.0 Å². The molecule has 0 amide bonds. The van der Waals surface area contributed by atoms with Crippen molar-refractivity contribution in [1.29, 1.82) is 0 Å². The molecule has 3 rings (SSSR count). The van der Waals surface area contributed by atoms with E-state index in [0.29, 0.717) is 38.3 Å². The van der Waals surface area contributed by atoms with E-state index >= 15 is 0 Å². The molecule has 0 aliphatic carbocycles.